The predicted molar refractivity (Wildman–Crippen MR) is 76.3 cm³/mol. The Hall–Kier alpha value is -2.49. The highest BCUT2D eigenvalue weighted by Crippen LogP contribution is 2.30. The fourth-order valence-corrected chi connectivity index (χ4v) is 2.37. The molecule has 4 heteroatoms. The van der Waals surface area contributed by atoms with Crippen molar-refractivity contribution in [3.63, 3.8) is 0 Å². The topological polar surface area (TPSA) is 55.2 Å². The molecule has 102 valence electrons. The van der Waals surface area contributed by atoms with E-state index in [0.29, 0.717) is 23.5 Å². The van der Waals surface area contributed by atoms with E-state index in [-0.39, 0.29) is 5.78 Å². The zero-order chi connectivity index (χ0) is 14.1. The predicted octanol–water partition coefficient (Wildman–Crippen LogP) is 3.70. The van der Waals surface area contributed by atoms with Crippen LogP contribution < -0.4 is 4.74 Å². The molecule has 0 spiro atoms. The van der Waals surface area contributed by atoms with E-state index in [2.05, 4.69) is 4.98 Å². The normalized spacial score (nSPS) is 10.9. The van der Waals surface area contributed by atoms with E-state index in [1.54, 1.807) is 19.2 Å². The summed E-state index contributed by atoms with van der Waals surface area (Å²) >= 11 is 0. The zero-order valence-corrected chi connectivity index (χ0v) is 11.4. The molecule has 2 aromatic heterocycles. The molecule has 0 unspecified atom stereocenters. The maximum Gasteiger partial charge on any atom is 0.198 e. The van der Waals surface area contributed by atoms with Crippen LogP contribution in [-0.4, -0.2) is 17.4 Å². The van der Waals surface area contributed by atoms with Crippen LogP contribution in [0.5, 0.6) is 5.75 Å². The lowest BCUT2D eigenvalue weighted by Crippen LogP contribution is -2.01. The summed E-state index contributed by atoms with van der Waals surface area (Å²) in [6, 6.07) is 7.40. The van der Waals surface area contributed by atoms with E-state index in [0.717, 1.165) is 16.7 Å². The first-order valence-electron chi connectivity index (χ1n) is 6.54. The second kappa shape index (κ2) is 4.89. The Morgan fingerprint density at radius 3 is 2.85 bits per heavy atom. The van der Waals surface area contributed by atoms with E-state index in [9.17, 15) is 4.79 Å². The zero-order valence-electron chi connectivity index (χ0n) is 11.4. The van der Waals surface area contributed by atoms with Gasteiger partial charge in [0, 0.05) is 11.7 Å². The number of ether oxygens (including phenoxy) is 1. The minimum Gasteiger partial charge on any atom is -0.493 e. The van der Waals surface area contributed by atoms with Gasteiger partial charge in [0.05, 0.1) is 29.4 Å². The SMILES string of the molecule is CCOc1cccc2[nH]cc(C(=O)c3ccoc3C)c12. The minimum atomic E-state index is -0.0605. The van der Waals surface area contributed by atoms with Crippen LogP contribution in [0.25, 0.3) is 10.9 Å². The van der Waals surface area contributed by atoms with E-state index >= 15 is 0 Å². The number of furan rings is 1. The summed E-state index contributed by atoms with van der Waals surface area (Å²) in [7, 11) is 0. The molecular formula is C16H15NO3. The summed E-state index contributed by atoms with van der Waals surface area (Å²) in [6.07, 6.45) is 3.25. The highest BCUT2D eigenvalue weighted by Gasteiger charge is 2.20. The Morgan fingerprint density at radius 2 is 2.15 bits per heavy atom. The van der Waals surface area contributed by atoms with Crippen LogP contribution in [0.4, 0.5) is 0 Å². The molecule has 0 radical (unpaired) electrons. The van der Waals surface area contributed by atoms with Gasteiger partial charge in [-0.25, -0.2) is 0 Å². The summed E-state index contributed by atoms with van der Waals surface area (Å²) < 4.78 is 10.8. The molecule has 0 aliphatic rings. The molecule has 0 aliphatic heterocycles. The van der Waals surface area contributed by atoms with Crippen LogP contribution in [0, 0.1) is 6.92 Å². The van der Waals surface area contributed by atoms with Crippen LogP contribution in [0.3, 0.4) is 0 Å². The molecule has 3 aromatic rings. The molecule has 0 aliphatic carbocycles. The van der Waals surface area contributed by atoms with Crippen LogP contribution in [0.15, 0.2) is 41.1 Å². The molecule has 1 N–H and O–H groups in total. The van der Waals surface area contributed by atoms with Gasteiger partial charge in [-0.3, -0.25) is 4.79 Å². The number of H-pyrrole nitrogens is 1. The van der Waals surface area contributed by atoms with Gasteiger partial charge in [0.15, 0.2) is 5.78 Å². The van der Waals surface area contributed by atoms with Crippen molar-refractivity contribution in [1.29, 1.82) is 0 Å². The van der Waals surface area contributed by atoms with Crippen molar-refractivity contribution in [2.24, 2.45) is 0 Å². The van der Waals surface area contributed by atoms with Crippen molar-refractivity contribution in [1.82, 2.24) is 4.98 Å². The summed E-state index contributed by atoms with van der Waals surface area (Å²) in [4.78, 5) is 15.7. The third-order valence-corrected chi connectivity index (χ3v) is 3.32. The first-order valence-corrected chi connectivity index (χ1v) is 6.54. The molecule has 3 rings (SSSR count). The number of aromatic nitrogens is 1. The van der Waals surface area contributed by atoms with Gasteiger partial charge in [-0.2, -0.15) is 0 Å². The average Bonchev–Trinajstić information content (AvgIpc) is 3.05. The van der Waals surface area contributed by atoms with Gasteiger partial charge in [0.25, 0.3) is 0 Å². The Morgan fingerprint density at radius 1 is 1.30 bits per heavy atom. The molecule has 20 heavy (non-hydrogen) atoms. The highest BCUT2D eigenvalue weighted by atomic mass is 16.5. The van der Waals surface area contributed by atoms with Gasteiger partial charge in [-0.15, -0.1) is 0 Å². The molecule has 0 saturated carbocycles. The summed E-state index contributed by atoms with van der Waals surface area (Å²) in [5.41, 5.74) is 2.08. The van der Waals surface area contributed by atoms with Crippen molar-refractivity contribution in [2.75, 3.05) is 6.61 Å². The number of hydrogen-bond donors (Lipinski definition) is 1. The third-order valence-electron chi connectivity index (χ3n) is 3.32. The average molecular weight is 269 g/mol. The van der Waals surface area contributed by atoms with E-state index in [4.69, 9.17) is 9.15 Å². The minimum absolute atomic E-state index is 0.0605. The van der Waals surface area contributed by atoms with Gasteiger partial charge in [0.2, 0.25) is 0 Å². The first kappa shape index (κ1) is 12.5. The second-order valence-corrected chi connectivity index (χ2v) is 4.53. The lowest BCUT2D eigenvalue weighted by Gasteiger charge is -2.06. The molecule has 0 atom stereocenters. The molecule has 4 nitrogen and oxygen atoms in total. The van der Waals surface area contributed by atoms with Crippen molar-refractivity contribution < 1.29 is 13.9 Å². The Balaban J connectivity index is 2.17. The third kappa shape index (κ3) is 1.90. The maximum absolute atomic E-state index is 12.6. The van der Waals surface area contributed by atoms with Gasteiger partial charge >= 0.3 is 0 Å². The van der Waals surface area contributed by atoms with Gasteiger partial charge in [-0.05, 0) is 32.0 Å². The largest absolute Gasteiger partial charge is 0.493 e. The standard InChI is InChI=1S/C16H15NO3/c1-3-19-14-6-4-5-13-15(14)12(9-17-13)16(18)11-7-8-20-10(11)2/h4-9,17H,3H2,1-2H3. The number of ketones is 1. The maximum atomic E-state index is 12.6. The molecular weight excluding hydrogens is 254 g/mol. The van der Waals surface area contributed by atoms with Crippen LogP contribution in [-0.2, 0) is 0 Å². The smallest absolute Gasteiger partial charge is 0.198 e. The van der Waals surface area contributed by atoms with E-state index < -0.39 is 0 Å². The van der Waals surface area contributed by atoms with E-state index in [1.807, 2.05) is 25.1 Å². The van der Waals surface area contributed by atoms with Crippen molar-refractivity contribution >= 4 is 16.7 Å². The number of benzene rings is 1. The lowest BCUT2D eigenvalue weighted by atomic mass is 10.0. The molecule has 2 heterocycles. The summed E-state index contributed by atoms with van der Waals surface area (Å²) in [5, 5.41) is 0.819. The van der Waals surface area contributed by atoms with Crippen LogP contribution in [0.2, 0.25) is 0 Å². The molecule has 0 saturated heterocycles. The number of carbonyl (C=O) groups is 1. The van der Waals surface area contributed by atoms with Crippen molar-refractivity contribution in [3.8, 4) is 5.75 Å². The Labute approximate surface area is 116 Å². The van der Waals surface area contributed by atoms with Gasteiger partial charge in [0.1, 0.15) is 11.5 Å². The van der Waals surface area contributed by atoms with Gasteiger partial charge in [-0.1, -0.05) is 6.07 Å². The monoisotopic (exact) mass is 269 g/mol. The summed E-state index contributed by atoms with van der Waals surface area (Å²) in [6.45, 7) is 4.27. The first-order chi connectivity index (χ1) is 9.72. The Kier molecular flexibility index (Phi) is 3.06. The van der Waals surface area contributed by atoms with E-state index in [1.165, 1.54) is 6.26 Å². The Bertz CT molecular complexity index is 767. The van der Waals surface area contributed by atoms with Crippen LogP contribution >= 0.6 is 0 Å². The number of fused-ring (bicyclic) bond motifs is 1. The number of aromatic amines is 1. The van der Waals surface area contributed by atoms with Crippen molar-refractivity contribution in [3.05, 3.63) is 53.6 Å². The number of hydrogen-bond acceptors (Lipinski definition) is 3. The number of rotatable bonds is 4. The molecule has 0 bridgehead atoms. The fourth-order valence-electron chi connectivity index (χ4n) is 2.37. The lowest BCUT2D eigenvalue weighted by molar-refractivity contribution is 0.103. The number of carbonyl (C=O) groups excluding carboxylic acids is 1. The summed E-state index contributed by atoms with van der Waals surface area (Å²) in [5.74, 6) is 1.28. The fraction of sp³-hybridized carbons (Fsp3) is 0.188. The van der Waals surface area contributed by atoms with Crippen LogP contribution in [0.1, 0.15) is 28.6 Å². The number of aryl methyl sites for hydroxylation is 1. The number of nitrogens with one attached hydrogen (secondary N) is 1. The quantitative estimate of drug-likeness (QED) is 0.735. The highest BCUT2D eigenvalue weighted by molar-refractivity contribution is 6.18. The second-order valence-electron chi connectivity index (χ2n) is 4.53. The van der Waals surface area contributed by atoms with Gasteiger partial charge < -0.3 is 14.1 Å². The molecule has 1 aromatic carbocycles. The molecule has 0 amide bonds. The molecule has 0 fully saturated rings. The van der Waals surface area contributed by atoms with Crippen molar-refractivity contribution in [2.45, 2.75) is 13.8 Å².